The highest BCUT2D eigenvalue weighted by Crippen LogP contribution is 2.32. The van der Waals surface area contributed by atoms with Crippen molar-refractivity contribution in [1.29, 1.82) is 0 Å². The van der Waals surface area contributed by atoms with Gasteiger partial charge in [0.2, 0.25) is 4.96 Å². The van der Waals surface area contributed by atoms with Crippen LogP contribution in [0.15, 0.2) is 28.8 Å². The van der Waals surface area contributed by atoms with E-state index in [2.05, 4.69) is 20.5 Å². The monoisotopic (exact) mass is 351 g/mol. The number of hydrogen-bond acceptors (Lipinski definition) is 6. The third-order valence-electron chi connectivity index (χ3n) is 3.00. The fourth-order valence-corrected chi connectivity index (χ4v) is 3.18. The Morgan fingerprint density at radius 3 is 2.82 bits per heavy atom. The number of aromatic nitrogens is 5. The lowest BCUT2D eigenvalue weighted by Crippen LogP contribution is -1.91. The first-order chi connectivity index (χ1) is 10.6. The number of rotatable bonds is 2. The van der Waals surface area contributed by atoms with Gasteiger partial charge in [-0.15, -0.1) is 15.3 Å². The van der Waals surface area contributed by atoms with Gasteiger partial charge in [0.1, 0.15) is 0 Å². The number of fused-ring (bicyclic) bond motifs is 1. The second-order valence-corrected chi connectivity index (χ2v) is 6.38. The topological polar surface area (TPSA) is 69.1 Å². The molecule has 0 N–H and O–H groups in total. The smallest absolute Gasteiger partial charge is 0.235 e. The predicted molar refractivity (Wildman–Crippen MR) is 84.3 cm³/mol. The van der Waals surface area contributed by atoms with Crippen molar-refractivity contribution >= 4 is 39.5 Å². The van der Waals surface area contributed by atoms with Gasteiger partial charge >= 0.3 is 0 Å². The Morgan fingerprint density at radius 1 is 1.18 bits per heavy atom. The summed E-state index contributed by atoms with van der Waals surface area (Å²) in [6.07, 6.45) is 0. The van der Waals surface area contributed by atoms with Crippen molar-refractivity contribution in [2.24, 2.45) is 0 Å². The first kappa shape index (κ1) is 13.7. The van der Waals surface area contributed by atoms with Gasteiger partial charge in [0.25, 0.3) is 0 Å². The lowest BCUT2D eigenvalue weighted by molar-refractivity contribution is 0.426. The van der Waals surface area contributed by atoms with Crippen molar-refractivity contribution in [3.05, 3.63) is 40.0 Å². The first-order valence-corrected chi connectivity index (χ1v) is 7.80. The van der Waals surface area contributed by atoms with E-state index in [1.165, 1.54) is 11.3 Å². The van der Waals surface area contributed by atoms with Gasteiger partial charge in [-0.2, -0.15) is 4.52 Å². The number of benzene rings is 1. The molecule has 0 aliphatic heterocycles. The molecule has 6 nitrogen and oxygen atoms in total. The van der Waals surface area contributed by atoms with Crippen molar-refractivity contribution in [2.75, 3.05) is 0 Å². The lowest BCUT2D eigenvalue weighted by atomic mass is 10.2. The van der Waals surface area contributed by atoms with Gasteiger partial charge in [0.05, 0.1) is 10.7 Å². The van der Waals surface area contributed by atoms with Gasteiger partial charge in [-0.25, -0.2) is 0 Å². The minimum atomic E-state index is 0.529. The number of hydrogen-bond donors (Lipinski definition) is 0. The van der Waals surface area contributed by atoms with Gasteiger partial charge in [-0.3, -0.25) is 0 Å². The Hall–Kier alpha value is -1.96. The molecule has 110 valence electrons. The summed E-state index contributed by atoms with van der Waals surface area (Å²) in [6.45, 7) is 1.85. The summed E-state index contributed by atoms with van der Waals surface area (Å²) in [5, 5.41) is 18.4. The SMILES string of the molecule is Cc1cc(-c2nn3c(-c4cc(Cl)ccc4Cl)nnc3s2)on1. The van der Waals surface area contributed by atoms with E-state index in [1.54, 1.807) is 22.7 Å². The lowest BCUT2D eigenvalue weighted by Gasteiger charge is -2.01. The van der Waals surface area contributed by atoms with Crippen LogP contribution in [0.5, 0.6) is 0 Å². The van der Waals surface area contributed by atoms with Gasteiger partial charge < -0.3 is 4.52 Å². The zero-order chi connectivity index (χ0) is 15.3. The molecule has 0 fully saturated rings. The highest BCUT2D eigenvalue weighted by molar-refractivity contribution is 7.19. The molecule has 3 heterocycles. The maximum atomic E-state index is 6.22. The molecular formula is C13H7Cl2N5OS. The summed E-state index contributed by atoms with van der Waals surface area (Å²) in [4.78, 5) is 0.634. The van der Waals surface area contributed by atoms with E-state index in [0.717, 1.165) is 5.69 Å². The predicted octanol–water partition coefficient (Wildman–Crippen LogP) is 4.12. The average molecular weight is 352 g/mol. The van der Waals surface area contributed by atoms with Crippen LogP contribution in [0.25, 0.3) is 27.1 Å². The van der Waals surface area contributed by atoms with Crippen molar-refractivity contribution in [3.8, 4) is 22.2 Å². The molecule has 0 aliphatic carbocycles. The van der Waals surface area contributed by atoms with Crippen LogP contribution in [0.2, 0.25) is 10.0 Å². The van der Waals surface area contributed by atoms with Gasteiger partial charge in [0.15, 0.2) is 16.6 Å². The highest BCUT2D eigenvalue weighted by Gasteiger charge is 2.18. The third-order valence-corrected chi connectivity index (χ3v) is 4.48. The first-order valence-electron chi connectivity index (χ1n) is 6.23. The molecule has 0 atom stereocenters. The Bertz CT molecular complexity index is 990. The zero-order valence-corrected chi connectivity index (χ0v) is 13.4. The second-order valence-electron chi connectivity index (χ2n) is 4.58. The number of nitrogens with zero attached hydrogens (tertiary/aromatic N) is 5. The normalized spacial score (nSPS) is 11.4. The molecule has 0 radical (unpaired) electrons. The molecule has 0 aliphatic rings. The molecule has 0 spiro atoms. The van der Waals surface area contributed by atoms with Crippen molar-refractivity contribution in [3.63, 3.8) is 0 Å². The summed E-state index contributed by atoms with van der Waals surface area (Å²) < 4.78 is 6.85. The van der Waals surface area contributed by atoms with E-state index in [4.69, 9.17) is 27.7 Å². The van der Waals surface area contributed by atoms with Crippen molar-refractivity contribution in [2.45, 2.75) is 6.92 Å². The molecule has 4 aromatic rings. The van der Waals surface area contributed by atoms with Crippen molar-refractivity contribution < 1.29 is 4.52 Å². The quantitative estimate of drug-likeness (QED) is 0.543. The molecule has 0 amide bonds. The Kier molecular flexibility index (Phi) is 3.14. The van der Waals surface area contributed by atoms with Crippen molar-refractivity contribution in [1.82, 2.24) is 25.0 Å². The fourth-order valence-electron chi connectivity index (χ4n) is 2.02. The minimum absolute atomic E-state index is 0.529. The molecule has 4 rings (SSSR count). The summed E-state index contributed by atoms with van der Waals surface area (Å²) >= 11 is 13.6. The van der Waals surface area contributed by atoms with Crippen LogP contribution in [-0.4, -0.2) is 25.0 Å². The van der Waals surface area contributed by atoms with E-state index < -0.39 is 0 Å². The van der Waals surface area contributed by atoms with Crippen LogP contribution in [0.1, 0.15) is 5.69 Å². The van der Waals surface area contributed by atoms with E-state index in [9.17, 15) is 0 Å². The van der Waals surface area contributed by atoms with Crippen LogP contribution in [0.4, 0.5) is 0 Å². The molecular weight excluding hydrogens is 345 g/mol. The van der Waals surface area contributed by atoms with E-state index >= 15 is 0 Å². The van der Waals surface area contributed by atoms with Crippen LogP contribution in [0, 0.1) is 6.92 Å². The maximum absolute atomic E-state index is 6.22. The van der Waals surface area contributed by atoms with Crippen LogP contribution in [0.3, 0.4) is 0 Å². The van der Waals surface area contributed by atoms with Crippen LogP contribution in [-0.2, 0) is 0 Å². The minimum Gasteiger partial charge on any atom is -0.353 e. The van der Waals surface area contributed by atoms with E-state index in [-0.39, 0.29) is 0 Å². The Balaban J connectivity index is 1.89. The molecule has 9 heteroatoms. The van der Waals surface area contributed by atoms with Crippen LogP contribution >= 0.6 is 34.5 Å². The molecule has 3 aromatic heterocycles. The molecule has 0 saturated carbocycles. The standard InChI is InChI=1S/C13H7Cl2N5OS/c1-6-4-10(21-19-6)12-18-20-11(16-17-13(20)22-12)8-5-7(14)2-3-9(8)15/h2-5H,1H3. The van der Waals surface area contributed by atoms with Gasteiger partial charge in [0, 0.05) is 16.7 Å². The summed E-state index contributed by atoms with van der Waals surface area (Å²) in [7, 11) is 0. The Morgan fingerprint density at radius 2 is 2.05 bits per heavy atom. The zero-order valence-electron chi connectivity index (χ0n) is 11.1. The van der Waals surface area contributed by atoms with Crippen LogP contribution < -0.4 is 0 Å². The maximum Gasteiger partial charge on any atom is 0.235 e. The largest absolute Gasteiger partial charge is 0.353 e. The van der Waals surface area contributed by atoms with E-state index in [0.29, 0.717) is 37.2 Å². The van der Waals surface area contributed by atoms with Gasteiger partial charge in [-0.1, -0.05) is 39.7 Å². The third kappa shape index (κ3) is 2.18. The number of aryl methyl sites for hydroxylation is 1. The molecule has 0 unspecified atom stereocenters. The molecule has 0 saturated heterocycles. The van der Waals surface area contributed by atoms with E-state index in [1.807, 2.05) is 13.0 Å². The van der Waals surface area contributed by atoms with Gasteiger partial charge in [-0.05, 0) is 25.1 Å². The highest BCUT2D eigenvalue weighted by atomic mass is 35.5. The summed E-state index contributed by atoms with van der Waals surface area (Å²) in [5.41, 5.74) is 1.46. The average Bonchev–Trinajstić information content (AvgIpc) is 3.16. The fraction of sp³-hybridized carbons (Fsp3) is 0.0769. The summed E-state index contributed by atoms with van der Waals surface area (Å²) in [6, 6.07) is 6.98. The molecule has 0 bridgehead atoms. The second kappa shape index (κ2) is 5.05. The summed E-state index contributed by atoms with van der Waals surface area (Å²) in [5.74, 6) is 1.12. The Labute approximate surface area is 138 Å². The molecule has 22 heavy (non-hydrogen) atoms. The molecule has 1 aromatic carbocycles. The number of halogens is 2.